The first-order valence-corrected chi connectivity index (χ1v) is 13.4. The van der Waals surface area contributed by atoms with Crippen molar-refractivity contribution in [3.63, 3.8) is 0 Å². The Labute approximate surface area is 227 Å². The molecule has 0 spiro atoms. The van der Waals surface area contributed by atoms with E-state index in [4.69, 9.17) is 5.11 Å². The van der Waals surface area contributed by atoms with Crippen LogP contribution in [0.5, 0.6) is 0 Å². The normalized spacial score (nSPS) is 12.6. The van der Waals surface area contributed by atoms with Gasteiger partial charge in [-0.3, -0.25) is 9.59 Å². The molecule has 0 aliphatic carbocycles. The molecule has 0 atom stereocenters. The van der Waals surface area contributed by atoms with E-state index in [1.54, 1.807) is 0 Å². The molecule has 0 radical (unpaired) electrons. The molecule has 5 heteroatoms. The Morgan fingerprint density at radius 3 is 2.15 bits per heavy atom. The highest BCUT2D eigenvalue weighted by Gasteiger charge is 2.22. The van der Waals surface area contributed by atoms with Crippen LogP contribution in [0.2, 0.25) is 0 Å². The molecule has 0 bridgehead atoms. The SMILES string of the molecule is O=C(O)CCCn1cc(C(=O)c2cccc(CN3c4ccccc4CCc4ccccc43)c2)c2ccccc21. The maximum Gasteiger partial charge on any atom is 0.303 e. The van der Waals surface area contributed by atoms with Crippen molar-refractivity contribution in [2.24, 2.45) is 0 Å². The van der Waals surface area contributed by atoms with E-state index in [9.17, 15) is 9.59 Å². The van der Waals surface area contributed by atoms with E-state index in [2.05, 4.69) is 59.5 Å². The zero-order valence-electron chi connectivity index (χ0n) is 21.7. The molecule has 0 amide bonds. The molecule has 1 aromatic heterocycles. The zero-order chi connectivity index (χ0) is 26.8. The van der Waals surface area contributed by atoms with Crippen molar-refractivity contribution >= 4 is 34.0 Å². The van der Waals surface area contributed by atoms with Gasteiger partial charge in [-0.25, -0.2) is 0 Å². The number of benzene rings is 4. The number of hydrogen-bond donors (Lipinski definition) is 1. The highest BCUT2D eigenvalue weighted by molar-refractivity contribution is 6.16. The predicted molar refractivity (Wildman–Crippen MR) is 155 cm³/mol. The molecular weight excluding hydrogens is 484 g/mol. The number of fused-ring (bicyclic) bond motifs is 3. The van der Waals surface area contributed by atoms with Crippen LogP contribution in [0, 0.1) is 0 Å². The average molecular weight is 515 g/mol. The summed E-state index contributed by atoms with van der Waals surface area (Å²) in [5.74, 6) is -0.837. The lowest BCUT2D eigenvalue weighted by molar-refractivity contribution is -0.137. The lowest BCUT2D eigenvalue weighted by Crippen LogP contribution is -2.18. The summed E-state index contributed by atoms with van der Waals surface area (Å²) < 4.78 is 2.00. The van der Waals surface area contributed by atoms with E-state index in [1.165, 1.54) is 22.5 Å². The number of rotatable bonds is 8. The maximum atomic E-state index is 13.8. The van der Waals surface area contributed by atoms with Crippen molar-refractivity contribution in [1.82, 2.24) is 4.57 Å². The Hall–Kier alpha value is -4.64. The molecule has 1 N–H and O–H groups in total. The van der Waals surface area contributed by atoms with Crippen LogP contribution < -0.4 is 4.90 Å². The number of anilines is 2. The van der Waals surface area contributed by atoms with Crippen LogP contribution in [-0.4, -0.2) is 21.4 Å². The number of carboxylic acid groups (broad SMARTS) is 1. The molecule has 39 heavy (non-hydrogen) atoms. The zero-order valence-corrected chi connectivity index (χ0v) is 21.7. The number of aromatic nitrogens is 1. The van der Waals surface area contributed by atoms with Crippen LogP contribution in [-0.2, 0) is 30.7 Å². The molecule has 4 aromatic carbocycles. The van der Waals surface area contributed by atoms with Gasteiger partial charge in [-0.15, -0.1) is 0 Å². The Bertz CT molecular complexity index is 1640. The highest BCUT2D eigenvalue weighted by atomic mass is 16.4. The second-order valence-corrected chi connectivity index (χ2v) is 10.1. The fourth-order valence-corrected chi connectivity index (χ4v) is 5.70. The number of ketones is 1. The van der Waals surface area contributed by atoms with Crippen molar-refractivity contribution in [3.05, 3.63) is 131 Å². The van der Waals surface area contributed by atoms with Crippen LogP contribution in [0.1, 0.15) is 45.5 Å². The Kier molecular flexibility index (Phi) is 6.72. The first kappa shape index (κ1) is 24.7. The van der Waals surface area contributed by atoms with Gasteiger partial charge < -0.3 is 14.6 Å². The number of hydrogen-bond acceptors (Lipinski definition) is 3. The largest absolute Gasteiger partial charge is 0.481 e. The van der Waals surface area contributed by atoms with Gasteiger partial charge >= 0.3 is 5.97 Å². The van der Waals surface area contributed by atoms with Crippen molar-refractivity contribution in [3.8, 4) is 0 Å². The Balaban J connectivity index is 1.33. The fraction of sp³-hybridized carbons (Fsp3) is 0.176. The molecule has 1 aliphatic rings. The minimum absolute atomic E-state index is 0.0262. The smallest absolute Gasteiger partial charge is 0.303 e. The maximum absolute atomic E-state index is 13.8. The second-order valence-electron chi connectivity index (χ2n) is 10.1. The number of carboxylic acids is 1. The summed E-state index contributed by atoms with van der Waals surface area (Å²) in [5, 5.41) is 9.94. The van der Waals surface area contributed by atoms with Gasteiger partial charge in [0.1, 0.15) is 0 Å². The predicted octanol–water partition coefficient (Wildman–Crippen LogP) is 7.17. The van der Waals surface area contributed by atoms with Crippen molar-refractivity contribution in [2.45, 2.75) is 38.8 Å². The summed E-state index contributed by atoms with van der Waals surface area (Å²) in [6.07, 6.45) is 4.48. The van der Waals surface area contributed by atoms with Gasteiger partial charge in [0.15, 0.2) is 5.78 Å². The molecule has 5 nitrogen and oxygen atoms in total. The summed E-state index contributed by atoms with van der Waals surface area (Å²) in [7, 11) is 0. The number of aryl methyl sites for hydroxylation is 3. The molecule has 2 heterocycles. The first-order chi connectivity index (χ1) is 19.1. The summed E-state index contributed by atoms with van der Waals surface area (Å²) in [6, 6.07) is 32.9. The standard InChI is InChI=1S/C34H30N2O3/c37-33(38)17-8-20-35-23-29(28-13-3-6-16-32(28)35)34(39)27-12-7-9-24(21-27)22-36-30-14-4-1-10-25(30)18-19-26-11-2-5-15-31(26)36/h1-7,9-16,21,23H,8,17-20,22H2,(H,37,38). The van der Waals surface area contributed by atoms with Crippen molar-refractivity contribution in [2.75, 3.05) is 4.90 Å². The molecule has 0 unspecified atom stereocenters. The lowest BCUT2D eigenvalue weighted by atomic mass is 10.0. The van der Waals surface area contributed by atoms with E-state index in [-0.39, 0.29) is 12.2 Å². The number of aliphatic carboxylic acids is 1. The van der Waals surface area contributed by atoms with E-state index >= 15 is 0 Å². The summed E-state index contributed by atoms with van der Waals surface area (Å²) >= 11 is 0. The number of carbonyl (C=O) groups is 2. The van der Waals surface area contributed by atoms with Crippen molar-refractivity contribution in [1.29, 1.82) is 0 Å². The van der Waals surface area contributed by atoms with E-state index in [1.807, 2.05) is 53.2 Å². The van der Waals surface area contributed by atoms with E-state index in [0.29, 0.717) is 30.6 Å². The van der Waals surface area contributed by atoms with Gasteiger partial charge in [-0.1, -0.05) is 72.8 Å². The molecular formula is C34H30N2O3. The molecule has 0 fully saturated rings. The van der Waals surface area contributed by atoms with Gasteiger partial charge in [-0.2, -0.15) is 0 Å². The molecule has 194 valence electrons. The van der Waals surface area contributed by atoms with Crippen molar-refractivity contribution < 1.29 is 14.7 Å². The Morgan fingerprint density at radius 1 is 0.769 bits per heavy atom. The van der Waals surface area contributed by atoms with Gasteiger partial charge in [0, 0.05) is 59.1 Å². The quantitative estimate of drug-likeness (QED) is 0.223. The van der Waals surface area contributed by atoms with Crippen LogP contribution in [0.3, 0.4) is 0 Å². The topological polar surface area (TPSA) is 62.5 Å². The minimum atomic E-state index is -0.811. The molecule has 6 rings (SSSR count). The monoisotopic (exact) mass is 514 g/mol. The van der Waals surface area contributed by atoms with Crippen LogP contribution in [0.25, 0.3) is 10.9 Å². The van der Waals surface area contributed by atoms with Crippen LogP contribution in [0.15, 0.2) is 103 Å². The van der Waals surface area contributed by atoms with E-state index < -0.39 is 5.97 Å². The average Bonchev–Trinajstić information content (AvgIpc) is 3.25. The third-order valence-electron chi connectivity index (χ3n) is 7.58. The van der Waals surface area contributed by atoms with Gasteiger partial charge in [0.2, 0.25) is 0 Å². The van der Waals surface area contributed by atoms with Crippen LogP contribution >= 0.6 is 0 Å². The van der Waals surface area contributed by atoms with Crippen LogP contribution in [0.4, 0.5) is 11.4 Å². The number of para-hydroxylation sites is 3. The summed E-state index contributed by atoms with van der Waals surface area (Å²) in [4.78, 5) is 27.2. The number of nitrogens with zero attached hydrogens (tertiary/aromatic N) is 2. The minimum Gasteiger partial charge on any atom is -0.481 e. The summed E-state index contributed by atoms with van der Waals surface area (Å²) in [6.45, 7) is 1.21. The van der Waals surface area contributed by atoms with Gasteiger partial charge in [0.25, 0.3) is 0 Å². The van der Waals surface area contributed by atoms with E-state index in [0.717, 1.165) is 29.3 Å². The van der Waals surface area contributed by atoms with Gasteiger partial charge in [0.05, 0.1) is 0 Å². The lowest BCUT2D eigenvalue weighted by Gasteiger charge is -2.27. The molecule has 5 aromatic rings. The molecule has 0 saturated carbocycles. The third-order valence-corrected chi connectivity index (χ3v) is 7.58. The highest BCUT2D eigenvalue weighted by Crippen LogP contribution is 2.37. The third kappa shape index (κ3) is 4.96. The first-order valence-electron chi connectivity index (χ1n) is 13.4. The second kappa shape index (κ2) is 10.6. The molecule has 0 saturated heterocycles. The van der Waals surface area contributed by atoms with Gasteiger partial charge in [-0.05, 0) is 60.2 Å². The Morgan fingerprint density at radius 2 is 1.44 bits per heavy atom. The number of carbonyl (C=O) groups excluding carboxylic acids is 1. The fourth-order valence-electron chi connectivity index (χ4n) is 5.70. The molecule has 1 aliphatic heterocycles. The summed E-state index contributed by atoms with van der Waals surface area (Å²) in [5.41, 5.74) is 8.39.